The Morgan fingerprint density at radius 2 is 2.22 bits per heavy atom. The summed E-state index contributed by atoms with van der Waals surface area (Å²) < 4.78 is 5.03. The van der Waals surface area contributed by atoms with Crippen molar-refractivity contribution in [3.8, 4) is 0 Å². The lowest BCUT2D eigenvalue weighted by atomic mass is 9.97. The number of esters is 1. The Morgan fingerprint density at radius 1 is 1.50 bits per heavy atom. The fraction of sp³-hybridized carbons (Fsp3) is 0.846. The van der Waals surface area contributed by atoms with Crippen molar-refractivity contribution in [1.82, 2.24) is 10.2 Å². The molecule has 0 aromatic carbocycles. The highest BCUT2D eigenvalue weighted by Gasteiger charge is 2.30. The first kappa shape index (κ1) is 15.0. The van der Waals surface area contributed by atoms with Crippen LogP contribution in [0.3, 0.4) is 0 Å². The minimum Gasteiger partial charge on any atom is -0.466 e. The lowest BCUT2D eigenvalue weighted by molar-refractivity contribution is -0.151. The van der Waals surface area contributed by atoms with Crippen LogP contribution >= 0.6 is 0 Å². The SMILES string of the molecule is CCOC(=O)C1CCCN(C(=O)C(C)CNC)C1. The second-order valence-corrected chi connectivity index (χ2v) is 4.83. The van der Waals surface area contributed by atoms with E-state index >= 15 is 0 Å². The van der Waals surface area contributed by atoms with Gasteiger partial charge in [0.05, 0.1) is 12.5 Å². The first-order valence-corrected chi connectivity index (χ1v) is 6.70. The standard InChI is InChI=1S/C13H24N2O3/c1-4-18-13(17)11-6-5-7-15(9-11)12(16)10(2)8-14-3/h10-11,14H,4-9H2,1-3H3. The molecule has 0 bridgehead atoms. The molecule has 1 fully saturated rings. The molecule has 0 saturated carbocycles. The Bertz CT molecular complexity index is 294. The molecule has 1 N–H and O–H groups in total. The summed E-state index contributed by atoms with van der Waals surface area (Å²) in [5.41, 5.74) is 0. The van der Waals surface area contributed by atoms with E-state index in [2.05, 4.69) is 5.32 Å². The Kier molecular flexibility index (Phi) is 6.12. The topological polar surface area (TPSA) is 58.6 Å². The summed E-state index contributed by atoms with van der Waals surface area (Å²) in [5.74, 6) is -0.241. The molecule has 104 valence electrons. The first-order chi connectivity index (χ1) is 8.60. The van der Waals surface area contributed by atoms with Crippen LogP contribution in [0.5, 0.6) is 0 Å². The van der Waals surface area contributed by atoms with Gasteiger partial charge in [-0.05, 0) is 26.8 Å². The number of nitrogens with one attached hydrogen (secondary N) is 1. The van der Waals surface area contributed by atoms with Crippen molar-refractivity contribution < 1.29 is 14.3 Å². The second-order valence-electron chi connectivity index (χ2n) is 4.83. The van der Waals surface area contributed by atoms with Gasteiger partial charge in [-0.2, -0.15) is 0 Å². The van der Waals surface area contributed by atoms with Gasteiger partial charge in [-0.1, -0.05) is 6.92 Å². The van der Waals surface area contributed by atoms with E-state index in [4.69, 9.17) is 4.74 Å². The van der Waals surface area contributed by atoms with Crippen molar-refractivity contribution in [3.05, 3.63) is 0 Å². The van der Waals surface area contributed by atoms with Crippen molar-refractivity contribution in [2.45, 2.75) is 26.7 Å². The third-order valence-corrected chi connectivity index (χ3v) is 3.28. The number of rotatable bonds is 5. The zero-order valence-electron chi connectivity index (χ0n) is 11.6. The molecular formula is C13H24N2O3. The van der Waals surface area contributed by atoms with Crippen LogP contribution in [0, 0.1) is 11.8 Å². The monoisotopic (exact) mass is 256 g/mol. The lowest BCUT2D eigenvalue weighted by Crippen LogP contribution is -2.46. The summed E-state index contributed by atoms with van der Waals surface area (Å²) >= 11 is 0. The summed E-state index contributed by atoms with van der Waals surface area (Å²) in [6, 6.07) is 0. The Morgan fingerprint density at radius 3 is 2.83 bits per heavy atom. The average Bonchev–Trinajstić information content (AvgIpc) is 2.38. The van der Waals surface area contributed by atoms with Crippen molar-refractivity contribution in [2.75, 3.05) is 33.3 Å². The van der Waals surface area contributed by atoms with Crippen molar-refractivity contribution in [3.63, 3.8) is 0 Å². The molecule has 2 unspecified atom stereocenters. The third-order valence-electron chi connectivity index (χ3n) is 3.28. The van der Waals surface area contributed by atoms with E-state index in [1.807, 2.05) is 14.0 Å². The van der Waals surface area contributed by atoms with Gasteiger partial charge in [-0.15, -0.1) is 0 Å². The van der Waals surface area contributed by atoms with Gasteiger partial charge in [0.15, 0.2) is 0 Å². The smallest absolute Gasteiger partial charge is 0.310 e. The number of piperidine rings is 1. The highest BCUT2D eigenvalue weighted by Crippen LogP contribution is 2.19. The van der Waals surface area contributed by atoms with Gasteiger partial charge >= 0.3 is 5.97 Å². The summed E-state index contributed by atoms with van der Waals surface area (Å²) in [6.07, 6.45) is 1.70. The molecular weight excluding hydrogens is 232 g/mol. The molecule has 1 aliphatic heterocycles. The zero-order chi connectivity index (χ0) is 13.5. The number of hydrogen-bond donors (Lipinski definition) is 1. The minimum atomic E-state index is -0.170. The van der Waals surface area contributed by atoms with E-state index in [9.17, 15) is 9.59 Å². The molecule has 1 rings (SSSR count). The van der Waals surface area contributed by atoms with E-state index in [-0.39, 0.29) is 23.7 Å². The van der Waals surface area contributed by atoms with E-state index in [0.717, 1.165) is 19.4 Å². The van der Waals surface area contributed by atoms with Crippen LogP contribution in [-0.2, 0) is 14.3 Å². The molecule has 5 heteroatoms. The average molecular weight is 256 g/mol. The van der Waals surface area contributed by atoms with Crippen LogP contribution in [0.15, 0.2) is 0 Å². The van der Waals surface area contributed by atoms with Crippen LogP contribution in [0.2, 0.25) is 0 Å². The molecule has 18 heavy (non-hydrogen) atoms. The lowest BCUT2D eigenvalue weighted by Gasteiger charge is -2.33. The number of carbonyl (C=O) groups excluding carboxylic acids is 2. The molecule has 0 aliphatic carbocycles. The highest BCUT2D eigenvalue weighted by molar-refractivity contribution is 5.80. The van der Waals surface area contributed by atoms with E-state index in [1.165, 1.54) is 0 Å². The molecule has 1 saturated heterocycles. The van der Waals surface area contributed by atoms with Gasteiger partial charge in [0.1, 0.15) is 0 Å². The molecule has 1 heterocycles. The molecule has 1 amide bonds. The van der Waals surface area contributed by atoms with E-state index in [0.29, 0.717) is 19.7 Å². The fourth-order valence-corrected chi connectivity index (χ4v) is 2.33. The maximum atomic E-state index is 12.1. The molecule has 1 aliphatic rings. The number of carbonyl (C=O) groups is 2. The van der Waals surface area contributed by atoms with Crippen LogP contribution < -0.4 is 5.32 Å². The van der Waals surface area contributed by atoms with Gasteiger partial charge in [0.2, 0.25) is 5.91 Å². The zero-order valence-corrected chi connectivity index (χ0v) is 11.6. The summed E-state index contributed by atoms with van der Waals surface area (Å²) in [4.78, 5) is 25.6. The molecule has 0 aromatic rings. The Balaban J connectivity index is 2.52. The normalized spacial score (nSPS) is 21.5. The largest absolute Gasteiger partial charge is 0.466 e. The van der Waals surface area contributed by atoms with Crippen LogP contribution in [-0.4, -0.2) is 50.1 Å². The number of hydrogen-bond acceptors (Lipinski definition) is 4. The summed E-state index contributed by atoms with van der Waals surface area (Å²) in [6.45, 7) is 6.04. The number of likely N-dealkylation sites (tertiary alicyclic amines) is 1. The number of nitrogens with zero attached hydrogens (tertiary/aromatic N) is 1. The number of ether oxygens (including phenoxy) is 1. The molecule has 5 nitrogen and oxygen atoms in total. The van der Waals surface area contributed by atoms with Crippen molar-refractivity contribution >= 4 is 11.9 Å². The first-order valence-electron chi connectivity index (χ1n) is 6.70. The fourth-order valence-electron chi connectivity index (χ4n) is 2.33. The van der Waals surface area contributed by atoms with Crippen LogP contribution in [0.1, 0.15) is 26.7 Å². The molecule has 2 atom stereocenters. The maximum absolute atomic E-state index is 12.1. The van der Waals surface area contributed by atoms with Gasteiger partial charge < -0.3 is 15.0 Å². The summed E-state index contributed by atoms with van der Waals surface area (Å²) in [7, 11) is 1.83. The quantitative estimate of drug-likeness (QED) is 0.734. The van der Waals surface area contributed by atoms with Crippen molar-refractivity contribution in [1.29, 1.82) is 0 Å². The molecule has 0 radical (unpaired) electrons. The molecule has 0 spiro atoms. The van der Waals surface area contributed by atoms with Crippen LogP contribution in [0.25, 0.3) is 0 Å². The van der Waals surface area contributed by atoms with Gasteiger partial charge in [0, 0.05) is 25.6 Å². The predicted molar refractivity (Wildman–Crippen MR) is 69.0 cm³/mol. The number of amides is 1. The third kappa shape index (κ3) is 3.98. The Hall–Kier alpha value is -1.10. The second kappa shape index (κ2) is 7.36. The predicted octanol–water partition coefficient (Wildman–Crippen LogP) is 0.644. The van der Waals surface area contributed by atoms with Crippen LogP contribution in [0.4, 0.5) is 0 Å². The van der Waals surface area contributed by atoms with E-state index in [1.54, 1.807) is 11.8 Å². The van der Waals surface area contributed by atoms with Gasteiger partial charge in [-0.25, -0.2) is 0 Å². The van der Waals surface area contributed by atoms with E-state index < -0.39 is 0 Å². The Labute approximate surface area is 109 Å². The minimum absolute atomic E-state index is 0.0454. The molecule has 0 aromatic heterocycles. The van der Waals surface area contributed by atoms with Gasteiger partial charge in [0.25, 0.3) is 0 Å². The summed E-state index contributed by atoms with van der Waals surface area (Å²) in [5, 5.41) is 3.00. The highest BCUT2D eigenvalue weighted by atomic mass is 16.5. The van der Waals surface area contributed by atoms with Gasteiger partial charge in [-0.3, -0.25) is 9.59 Å². The maximum Gasteiger partial charge on any atom is 0.310 e. The van der Waals surface area contributed by atoms with Crippen molar-refractivity contribution in [2.24, 2.45) is 11.8 Å².